The molecule has 172 valence electrons. The number of halogens is 1. The topological polar surface area (TPSA) is 97.1 Å². The van der Waals surface area contributed by atoms with E-state index in [-0.39, 0.29) is 24.9 Å². The monoisotopic (exact) mass is 454 g/mol. The van der Waals surface area contributed by atoms with E-state index in [1.165, 1.54) is 41.2 Å². The molecule has 1 atom stereocenters. The lowest BCUT2D eigenvalue weighted by Crippen LogP contribution is -2.52. The van der Waals surface area contributed by atoms with Crippen molar-refractivity contribution in [2.45, 2.75) is 19.5 Å². The molecule has 0 saturated carbocycles. The number of anilines is 2. The summed E-state index contributed by atoms with van der Waals surface area (Å²) in [5.74, 6) is -0.237. The zero-order valence-electron chi connectivity index (χ0n) is 18.1. The van der Waals surface area contributed by atoms with Gasteiger partial charge >= 0.3 is 12.2 Å². The van der Waals surface area contributed by atoms with Crippen molar-refractivity contribution in [3.63, 3.8) is 0 Å². The highest BCUT2D eigenvalue weighted by Gasteiger charge is 2.36. The highest BCUT2D eigenvalue weighted by Crippen LogP contribution is 2.39. The number of methoxy groups -OCH3 is 1. The van der Waals surface area contributed by atoms with Crippen LogP contribution >= 0.6 is 0 Å². The van der Waals surface area contributed by atoms with Gasteiger partial charge in [-0.15, -0.1) is 0 Å². The van der Waals surface area contributed by atoms with Gasteiger partial charge in [0.05, 0.1) is 50.4 Å². The zero-order valence-corrected chi connectivity index (χ0v) is 18.1. The minimum absolute atomic E-state index is 0.0414. The van der Waals surface area contributed by atoms with Gasteiger partial charge in [-0.3, -0.25) is 14.5 Å². The van der Waals surface area contributed by atoms with Crippen LogP contribution in [0.2, 0.25) is 0 Å². The summed E-state index contributed by atoms with van der Waals surface area (Å²) in [6.45, 7) is 2.27. The molecule has 3 aromatic rings. The van der Waals surface area contributed by atoms with E-state index in [1.54, 1.807) is 36.1 Å². The molecule has 0 unspecified atom stereocenters. The van der Waals surface area contributed by atoms with E-state index in [2.05, 4.69) is 5.10 Å². The zero-order chi connectivity index (χ0) is 23.5. The summed E-state index contributed by atoms with van der Waals surface area (Å²) in [4.78, 5) is 28.5. The average molecular weight is 454 g/mol. The highest BCUT2D eigenvalue weighted by molar-refractivity contribution is 6.02. The number of hydrogen-bond donors (Lipinski definition) is 1. The molecule has 9 nitrogen and oxygen atoms in total. The Bertz CT molecular complexity index is 1160. The summed E-state index contributed by atoms with van der Waals surface area (Å²) >= 11 is 0. The lowest BCUT2D eigenvalue weighted by atomic mass is 10.0. The Morgan fingerprint density at radius 2 is 1.88 bits per heavy atom. The molecule has 2 amide bonds. The van der Waals surface area contributed by atoms with Crippen LogP contribution in [0.5, 0.6) is 5.75 Å². The maximum atomic E-state index is 13.2. The third kappa shape index (κ3) is 4.51. The number of nitrogens with zero attached hydrogens (tertiary/aromatic N) is 4. The van der Waals surface area contributed by atoms with Gasteiger partial charge in [0, 0.05) is 11.8 Å². The largest absolute Gasteiger partial charge is 0.452 e. The van der Waals surface area contributed by atoms with E-state index in [1.807, 2.05) is 6.07 Å². The van der Waals surface area contributed by atoms with Gasteiger partial charge in [-0.2, -0.15) is 5.10 Å². The van der Waals surface area contributed by atoms with Crippen LogP contribution in [0.1, 0.15) is 6.92 Å². The van der Waals surface area contributed by atoms with E-state index >= 15 is 0 Å². The van der Waals surface area contributed by atoms with Crippen molar-refractivity contribution in [3.05, 3.63) is 60.7 Å². The van der Waals surface area contributed by atoms with E-state index in [0.29, 0.717) is 17.9 Å². The predicted molar refractivity (Wildman–Crippen MR) is 119 cm³/mol. The van der Waals surface area contributed by atoms with Crippen molar-refractivity contribution in [1.82, 2.24) is 9.78 Å². The smallest absolute Gasteiger partial charge is 0.419 e. The average Bonchev–Trinajstić information content (AvgIpc) is 3.28. The molecule has 1 aliphatic heterocycles. The van der Waals surface area contributed by atoms with E-state index in [9.17, 15) is 14.0 Å². The molecular formula is C23H23FN4O5. The number of aliphatic hydroxyl groups excluding tert-OH is 1. The molecular weight excluding hydrogens is 431 g/mol. The molecule has 0 saturated heterocycles. The molecule has 0 aliphatic carbocycles. The molecule has 0 fully saturated rings. The Morgan fingerprint density at radius 3 is 2.58 bits per heavy atom. The fraction of sp³-hybridized carbons (Fsp3) is 0.261. The number of hydrogen-bond acceptors (Lipinski definition) is 6. The molecule has 10 heteroatoms. The number of benzene rings is 2. The van der Waals surface area contributed by atoms with Crippen LogP contribution in [-0.2, 0) is 11.3 Å². The number of aromatic nitrogens is 2. The maximum absolute atomic E-state index is 13.2. The maximum Gasteiger partial charge on any atom is 0.419 e. The number of rotatable bonds is 4. The Kier molecular flexibility index (Phi) is 6.27. The molecule has 4 rings (SSSR count). The van der Waals surface area contributed by atoms with Crippen LogP contribution in [0.15, 0.2) is 54.9 Å². The lowest BCUT2D eigenvalue weighted by Gasteiger charge is -2.39. The molecule has 33 heavy (non-hydrogen) atoms. The van der Waals surface area contributed by atoms with Crippen molar-refractivity contribution in [2.24, 2.45) is 0 Å². The molecule has 0 spiro atoms. The second kappa shape index (κ2) is 9.29. The van der Waals surface area contributed by atoms with Gasteiger partial charge in [0.25, 0.3) is 0 Å². The SMILES string of the molecule is COC(=O)N1c2ccc(-c3cnn(CCO)c3)cc2N(C(=O)Oc2ccc(F)cc2)C[C@@H]1C. The Balaban J connectivity index is 1.72. The van der Waals surface area contributed by atoms with E-state index in [0.717, 1.165) is 11.1 Å². The molecule has 0 bridgehead atoms. The first-order valence-electron chi connectivity index (χ1n) is 10.3. The van der Waals surface area contributed by atoms with Crippen LogP contribution in [0.3, 0.4) is 0 Å². The predicted octanol–water partition coefficient (Wildman–Crippen LogP) is 3.66. The van der Waals surface area contributed by atoms with Crippen molar-refractivity contribution in [2.75, 3.05) is 30.1 Å². The Labute approximate surface area is 189 Å². The van der Waals surface area contributed by atoms with Gasteiger partial charge < -0.3 is 14.6 Å². The summed E-state index contributed by atoms with van der Waals surface area (Å²) in [6, 6.07) is 10.1. The third-order valence-electron chi connectivity index (χ3n) is 5.32. The number of ether oxygens (including phenoxy) is 2. The number of carbonyl (C=O) groups excluding carboxylic acids is 2. The normalized spacial score (nSPS) is 15.2. The molecule has 2 aromatic carbocycles. The van der Waals surface area contributed by atoms with Gasteiger partial charge in [0.15, 0.2) is 0 Å². The Hall–Kier alpha value is -3.92. The van der Waals surface area contributed by atoms with Gasteiger partial charge in [0.2, 0.25) is 0 Å². The van der Waals surface area contributed by atoms with Crippen molar-refractivity contribution < 1.29 is 28.6 Å². The first-order chi connectivity index (χ1) is 15.9. The summed E-state index contributed by atoms with van der Waals surface area (Å²) in [6.07, 6.45) is 2.23. The second-order valence-electron chi connectivity index (χ2n) is 7.54. The summed E-state index contributed by atoms with van der Waals surface area (Å²) in [5, 5.41) is 13.3. The first-order valence-corrected chi connectivity index (χ1v) is 10.3. The molecule has 1 N–H and O–H groups in total. The van der Waals surface area contributed by atoms with Gasteiger partial charge in [-0.1, -0.05) is 6.07 Å². The van der Waals surface area contributed by atoms with Crippen LogP contribution in [0.25, 0.3) is 11.1 Å². The van der Waals surface area contributed by atoms with Crippen LogP contribution in [0.4, 0.5) is 25.4 Å². The quantitative estimate of drug-likeness (QED) is 0.646. The van der Waals surface area contributed by atoms with Gasteiger partial charge in [0.1, 0.15) is 11.6 Å². The molecule has 0 radical (unpaired) electrons. The summed E-state index contributed by atoms with van der Waals surface area (Å²) in [7, 11) is 1.30. The second-order valence-corrected chi connectivity index (χ2v) is 7.54. The van der Waals surface area contributed by atoms with Crippen LogP contribution < -0.4 is 14.5 Å². The van der Waals surface area contributed by atoms with Crippen molar-refractivity contribution in [3.8, 4) is 16.9 Å². The third-order valence-corrected chi connectivity index (χ3v) is 5.32. The van der Waals surface area contributed by atoms with Crippen molar-refractivity contribution >= 4 is 23.6 Å². The minimum Gasteiger partial charge on any atom is -0.452 e. The number of amides is 2. The standard InChI is InChI=1S/C23H23FN4O5/c1-15-13-27(22(30)33-19-6-4-18(24)5-7-19)21-11-16(17-12-25-26(14-17)9-10-29)3-8-20(21)28(15)23(31)32-2/h3-8,11-12,14-15,29H,9-10,13H2,1-2H3/t15-/m0/s1. The van der Waals surface area contributed by atoms with E-state index < -0.39 is 18.0 Å². The fourth-order valence-corrected chi connectivity index (χ4v) is 3.75. The molecule has 1 aromatic heterocycles. The Morgan fingerprint density at radius 1 is 1.12 bits per heavy atom. The minimum atomic E-state index is -0.660. The summed E-state index contributed by atoms with van der Waals surface area (Å²) < 4.78 is 25.2. The molecule has 1 aliphatic rings. The summed E-state index contributed by atoms with van der Waals surface area (Å²) in [5.41, 5.74) is 2.49. The number of fused-ring (bicyclic) bond motifs is 1. The number of aliphatic hydroxyl groups is 1. The lowest BCUT2D eigenvalue weighted by molar-refractivity contribution is 0.175. The number of carbonyl (C=O) groups is 2. The highest BCUT2D eigenvalue weighted by atomic mass is 19.1. The van der Waals surface area contributed by atoms with Crippen LogP contribution in [-0.4, -0.2) is 53.4 Å². The van der Waals surface area contributed by atoms with Crippen LogP contribution in [0, 0.1) is 5.82 Å². The van der Waals surface area contributed by atoms with E-state index in [4.69, 9.17) is 14.6 Å². The van der Waals surface area contributed by atoms with Gasteiger partial charge in [-0.05, 0) is 48.9 Å². The van der Waals surface area contributed by atoms with Gasteiger partial charge in [-0.25, -0.2) is 14.0 Å². The molecule has 2 heterocycles. The first kappa shape index (κ1) is 22.3. The van der Waals surface area contributed by atoms with Crippen molar-refractivity contribution in [1.29, 1.82) is 0 Å². The fourth-order valence-electron chi connectivity index (χ4n) is 3.75.